The fourth-order valence-corrected chi connectivity index (χ4v) is 3.18. The monoisotopic (exact) mass is 421 g/mol. The first-order valence-electron chi connectivity index (χ1n) is 8.95. The molecule has 1 heterocycles. The lowest BCUT2D eigenvalue weighted by Crippen LogP contribution is -2.37. The van der Waals surface area contributed by atoms with Crippen molar-refractivity contribution in [3.63, 3.8) is 0 Å². The number of imide groups is 1. The molecule has 1 aromatic carbocycles. The Bertz CT molecular complexity index is 841. The zero-order chi connectivity index (χ0) is 21.6. The van der Waals surface area contributed by atoms with E-state index in [1.165, 1.54) is 6.08 Å². The van der Waals surface area contributed by atoms with Gasteiger partial charge in [0, 0.05) is 5.56 Å². The third kappa shape index (κ3) is 6.63. The Labute approximate surface area is 173 Å². The fraction of sp³-hybridized carbons (Fsp3) is 0.400. The summed E-state index contributed by atoms with van der Waals surface area (Å²) < 4.78 is 15.4. The summed E-state index contributed by atoms with van der Waals surface area (Å²) in [5.41, 5.74) is -0.205. The third-order valence-electron chi connectivity index (χ3n) is 3.44. The largest absolute Gasteiger partial charge is 0.481 e. The Morgan fingerprint density at radius 2 is 1.83 bits per heavy atom. The lowest BCUT2D eigenvalue weighted by atomic mass is 10.2. The van der Waals surface area contributed by atoms with E-state index in [0.29, 0.717) is 11.3 Å². The van der Waals surface area contributed by atoms with Crippen LogP contribution in [0.25, 0.3) is 6.08 Å². The number of benzene rings is 1. The van der Waals surface area contributed by atoms with Gasteiger partial charge in [-0.3, -0.25) is 19.3 Å². The first-order chi connectivity index (χ1) is 13.6. The number of rotatable bonds is 7. The van der Waals surface area contributed by atoms with E-state index >= 15 is 0 Å². The molecular formula is C20H23NO7S. The summed E-state index contributed by atoms with van der Waals surface area (Å²) in [6.45, 7) is 6.30. The van der Waals surface area contributed by atoms with Crippen molar-refractivity contribution < 1.29 is 33.4 Å². The van der Waals surface area contributed by atoms with Gasteiger partial charge in [-0.25, -0.2) is 4.79 Å². The second kappa shape index (κ2) is 9.60. The van der Waals surface area contributed by atoms with Gasteiger partial charge in [-0.15, -0.1) is 0 Å². The Hall–Kier alpha value is -2.81. The molecule has 156 valence electrons. The van der Waals surface area contributed by atoms with E-state index in [0.717, 1.165) is 16.7 Å². The lowest BCUT2D eigenvalue weighted by molar-refractivity contribution is -0.156. The molecular weight excluding hydrogens is 398 g/mol. The SMILES string of the molecule is CCOC(=O)COc1ccccc1C=C1SC(=O)N(CC(=O)OC(C)(C)C)C1=O. The van der Waals surface area contributed by atoms with E-state index in [9.17, 15) is 19.2 Å². The van der Waals surface area contributed by atoms with E-state index in [-0.39, 0.29) is 18.1 Å². The van der Waals surface area contributed by atoms with Gasteiger partial charge >= 0.3 is 11.9 Å². The van der Waals surface area contributed by atoms with Gasteiger partial charge in [0.05, 0.1) is 11.5 Å². The van der Waals surface area contributed by atoms with Crippen LogP contribution in [0, 0.1) is 0 Å². The minimum atomic E-state index is -0.718. The smallest absolute Gasteiger partial charge is 0.344 e. The molecule has 2 rings (SSSR count). The predicted octanol–water partition coefficient (Wildman–Crippen LogP) is 3.01. The van der Waals surface area contributed by atoms with Gasteiger partial charge < -0.3 is 14.2 Å². The average molecular weight is 421 g/mol. The van der Waals surface area contributed by atoms with Crippen molar-refractivity contribution >= 4 is 40.9 Å². The van der Waals surface area contributed by atoms with Gasteiger partial charge in [0.1, 0.15) is 17.9 Å². The van der Waals surface area contributed by atoms with Crippen LogP contribution >= 0.6 is 11.8 Å². The molecule has 1 aliphatic heterocycles. The van der Waals surface area contributed by atoms with Crippen molar-refractivity contribution in [1.82, 2.24) is 4.90 Å². The van der Waals surface area contributed by atoms with Gasteiger partial charge in [-0.1, -0.05) is 18.2 Å². The molecule has 8 nitrogen and oxygen atoms in total. The number of esters is 2. The van der Waals surface area contributed by atoms with Crippen LogP contribution in [0.5, 0.6) is 5.75 Å². The molecule has 1 aromatic rings. The van der Waals surface area contributed by atoms with Crippen molar-refractivity contribution in [3.05, 3.63) is 34.7 Å². The van der Waals surface area contributed by atoms with Crippen molar-refractivity contribution in [2.75, 3.05) is 19.8 Å². The highest BCUT2D eigenvalue weighted by Gasteiger charge is 2.37. The summed E-state index contributed by atoms with van der Waals surface area (Å²) in [6.07, 6.45) is 1.49. The highest BCUT2D eigenvalue weighted by atomic mass is 32.2. The quantitative estimate of drug-likeness (QED) is 0.489. The molecule has 1 saturated heterocycles. The maximum Gasteiger partial charge on any atom is 0.344 e. The summed E-state index contributed by atoms with van der Waals surface area (Å²) in [4.78, 5) is 49.2. The van der Waals surface area contributed by atoms with E-state index in [1.807, 2.05) is 0 Å². The Balaban J connectivity index is 2.13. The highest BCUT2D eigenvalue weighted by Crippen LogP contribution is 2.34. The van der Waals surface area contributed by atoms with Crippen molar-refractivity contribution in [3.8, 4) is 5.75 Å². The van der Waals surface area contributed by atoms with Crippen LogP contribution < -0.4 is 4.74 Å². The molecule has 0 aliphatic carbocycles. The average Bonchev–Trinajstić information content (AvgIpc) is 2.87. The topological polar surface area (TPSA) is 99.2 Å². The van der Waals surface area contributed by atoms with Crippen LogP contribution in [-0.2, 0) is 23.9 Å². The molecule has 0 N–H and O–H groups in total. The molecule has 1 fully saturated rings. The third-order valence-corrected chi connectivity index (χ3v) is 4.34. The molecule has 0 atom stereocenters. The molecule has 0 bridgehead atoms. The Morgan fingerprint density at radius 1 is 1.14 bits per heavy atom. The van der Waals surface area contributed by atoms with Crippen LogP contribution in [-0.4, -0.2) is 53.3 Å². The van der Waals surface area contributed by atoms with Gasteiger partial charge in [0.25, 0.3) is 11.1 Å². The second-order valence-electron chi connectivity index (χ2n) is 6.99. The van der Waals surface area contributed by atoms with Crippen LogP contribution in [0.15, 0.2) is 29.2 Å². The standard InChI is InChI=1S/C20H23NO7S/c1-5-26-17(23)12-27-14-9-7-6-8-13(14)10-15-18(24)21(19(25)29-15)11-16(22)28-20(2,3)4/h6-10H,5,11-12H2,1-4H3. The van der Waals surface area contributed by atoms with Gasteiger partial charge in [0.15, 0.2) is 6.61 Å². The number of carbonyl (C=O) groups excluding carboxylic acids is 4. The van der Waals surface area contributed by atoms with Crippen molar-refractivity contribution in [1.29, 1.82) is 0 Å². The van der Waals surface area contributed by atoms with E-state index in [4.69, 9.17) is 14.2 Å². The summed E-state index contributed by atoms with van der Waals surface area (Å²) >= 11 is 0.721. The summed E-state index contributed by atoms with van der Waals surface area (Å²) in [7, 11) is 0. The highest BCUT2D eigenvalue weighted by molar-refractivity contribution is 8.18. The minimum absolute atomic E-state index is 0.144. The molecule has 0 spiro atoms. The van der Waals surface area contributed by atoms with E-state index < -0.39 is 35.2 Å². The van der Waals surface area contributed by atoms with Crippen LogP contribution in [0.2, 0.25) is 0 Å². The molecule has 29 heavy (non-hydrogen) atoms. The lowest BCUT2D eigenvalue weighted by Gasteiger charge is -2.21. The molecule has 1 aliphatic rings. The number of para-hydroxylation sites is 1. The first-order valence-corrected chi connectivity index (χ1v) is 9.77. The fourth-order valence-electron chi connectivity index (χ4n) is 2.35. The van der Waals surface area contributed by atoms with Gasteiger partial charge in [0.2, 0.25) is 0 Å². The zero-order valence-corrected chi connectivity index (χ0v) is 17.5. The van der Waals surface area contributed by atoms with Gasteiger partial charge in [-0.2, -0.15) is 0 Å². The predicted molar refractivity (Wildman–Crippen MR) is 107 cm³/mol. The first kappa shape index (κ1) is 22.5. The molecule has 0 unspecified atom stereocenters. The van der Waals surface area contributed by atoms with Crippen LogP contribution in [0.4, 0.5) is 4.79 Å². The number of carbonyl (C=O) groups is 4. The Morgan fingerprint density at radius 3 is 2.48 bits per heavy atom. The number of ether oxygens (including phenoxy) is 3. The van der Waals surface area contributed by atoms with Crippen molar-refractivity contribution in [2.45, 2.75) is 33.3 Å². The molecule has 0 saturated carbocycles. The second-order valence-corrected chi connectivity index (χ2v) is 7.98. The summed E-state index contributed by atoms with van der Waals surface area (Å²) in [6, 6.07) is 6.76. The number of nitrogens with zero attached hydrogens (tertiary/aromatic N) is 1. The summed E-state index contributed by atoms with van der Waals surface area (Å²) in [5, 5.41) is -0.558. The number of hydrogen-bond acceptors (Lipinski definition) is 8. The zero-order valence-electron chi connectivity index (χ0n) is 16.7. The molecule has 9 heteroatoms. The molecule has 2 amide bonds. The minimum Gasteiger partial charge on any atom is -0.481 e. The number of amides is 2. The maximum atomic E-state index is 12.6. The van der Waals surface area contributed by atoms with Crippen LogP contribution in [0.3, 0.4) is 0 Å². The van der Waals surface area contributed by atoms with Crippen molar-refractivity contribution in [2.24, 2.45) is 0 Å². The Kier molecular flexibility index (Phi) is 7.44. The summed E-state index contributed by atoms with van der Waals surface area (Å²) in [5.74, 6) is -1.41. The van der Waals surface area contributed by atoms with Gasteiger partial charge in [-0.05, 0) is 51.6 Å². The molecule has 0 radical (unpaired) electrons. The van der Waals surface area contributed by atoms with E-state index in [2.05, 4.69) is 0 Å². The number of hydrogen-bond donors (Lipinski definition) is 0. The maximum absolute atomic E-state index is 12.6. The normalized spacial score (nSPS) is 15.6. The van der Waals surface area contributed by atoms with E-state index in [1.54, 1.807) is 52.0 Å². The van der Waals surface area contributed by atoms with Crippen LogP contribution in [0.1, 0.15) is 33.3 Å². The molecule has 0 aromatic heterocycles. The number of thioether (sulfide) groups is 1.